The number of carbonyl (C=O) groups is 6. The van der Waals surface area contributed by atoms with Crippen LogP contribution < -0.4 is 0 Å². The van der Waals surface area contributed by atoms with E-state index in [1.165, 1.54) is 34.6 Å². The maximum Gasteiger partial charge on any atom is 0.348 e. The number of carboxylic acid groups (broad SMARTS) is 1. The Hall–Kier alpha value is -3.28. The number of hydrogen-bond acceptors (Lipinski definition) is 11. The molecule has 0 unspecified atom stereocenters. The van der Waals surface area contributed by atoms with E-state index in [-0.39, 0.29) is 24.2 Å². The molecule has 0 aromatic heterocycles. The van der Waals surface area contributed by atoms with Gasteiger partial charge < -0.3 is 29.2 Å². The summed E-state index contributed by atoms with van der Waals surface area (Å²) < 4.78 is 19.1. The van der Waals surface area contributed by atoms with Crippen molar-refractivity contribution in [1.82, 2.24) is 0 Å². The van der Waals surface area contributed by atoms with Crippen molar-refractivity contribution in [2.45, 2.75) is 99.3 Å². The minimum Gasteiger partial charge on any atom is -0.481 e. The summed E-state index contributed by atoms with van der Waals surface area (Å²) in [5, 5.41) is 16.4. The number of hydrogen-bond donors (Lipinski definition) is 2. The molecule has 0 radical (unpaired) electrons. The number of rotatable bonds is 2. The second-order valence-corrected chi connectivity index (χ2v) is 9.52. The Morgan fingerprint density at radius 3 is 1.31 bits per heavy atom. The Morgan fingerprint density at radius 1 is 0.800 bits per heavy atom. The number of ketones is 1. The number of carbonyl (C=O) groups excluding carboxylic acids is 5. The molecule has 0 bridgehead atoms. The Labute approximate surface area is 204 Å². The molecular weight excluding hydrogens is 468 g/mol. The van der Waals surface area contributed by atoms with Gasteiger partial charge in [-0.1, -0.05) is 5.57 Å². The van der Waals surface area contributed by atoms with E-state index in [9.17, 15) is 28.8 Å². The summed E-state index contributed by atoms with van der Waals surface area (Å²) in [7, 11) is 0. The standard InChI is InChI=1S/C9H12O4.C6H8O4.C4H6O3.C4H10O/c1-5(2)6-7(10)12-9(3,4)13-8(6)11;1-6(2)9-4(7)3-5(8)10-6;1-3(5)2-4(6)7;1-4(2,3)5/h1-4H3;3H2,1-2H3;2H2,1H3,(H,6,7);5H,1-3H3. The van der Waals surface area contributed by atoms with E-state index in [0.29, 0.717) is 5.57 Å². The molecule has 2 rings (SSSR count). The maximum atomic E-state index is 11.3. The van der Waals surface area contributed by atoms with Crippen LogP contribution >= 0.6 is 0 Å². The second-order valence-electron chi connectivity index (χ2n) is 9.52. The first-order chi connectivity index (χ1) is 15.5. The van der Waals surface area contributed by atoms with E-state index in [0.717, 1.165) is 0 Å². The van der Waals surface area contributed by atoms with Gasteiger partial charge in [0.05, 0.1) is 5.60 Å². The van der Waals surface area contributed by atoms with Gasteiger partial charge in [-0.05, 0) is 41.5 Å². The van der Waals surface area contributed by atoms with E-state index < -0.39 is 47.0 Å². The monoisotopic (exact) mass is 504 g/mol. The SMILES string of the molecule is CC(=O)CC(=O)O.CC(C)(C)O.CC(C)=C1C(=O)OC(C)(C)OC1=O.CC1(C)OC(=O)CC(=O)O1. The van der Waals surface area contributed by atoms with Crippen molar-refractivity contribution in [3.8, 4) is 0 Å². The van der Waals surface area contributed by atoms with Gasteiger partial charge in [0.1, 0.15) is 24.2 Å². The lowest BCUT2D eigenvalue weighted by Gasteiger charge is -2.30. The van der Waals surface area contributed by atoms with Crippen LogP contribution in [0.4, 0.5) is 0 Å². The first-order valence-corrected chi connectivity index (χ1v) is 10.5. The van der Waals surface area contributed by atoms with Crippen molar-refractivity contribution in [3.05, 3.63) is 11.1 Å². The van der Waals surface area contributed by atoms with Gasteiger partial charge in [0, 0.05) is 27.7 Å². The molecule has 2 aliphatic rings. The van der Waals surface area contributed by atoms with Gasteiger partial charge in [-0.15, -0.1) is 0 Å². The average Bonchev–Trinajstić information content (AvgIpc) is 2.47. The molecular formula is C23H36O12. The molecule has 35 heavy (non-hydrogen) atoms. The van der Waals surface area contributed by atoms with Crippen LogP contribution in [-0.4, -0.2) is 63.0 Å². The minimum atomic E-state index is -1.15. The molecule has 0 spiro atoms. The number of esters is 4. The van der Waals surface area contributed by atoms with Crippen molar-refractivity contribution in [2.75, 3.05) is 0 Å². The molecule has 2 fully saturated rings. The molecule has 0 aromatic carbocycles. The molecule has 12 heteroatoms. The van der Waals surface area contributed by atoms with E-state index in [1.807, 2.05) is 0 Å². The number of ether oxygens (including phenoxy) is 4. The molecule has 2 N–H and O–H groups in total. The summed E-state index contributed by atoms with van der Waals surface area (Å²) in [5.74, 6) is -5.87. The summed E-state index contributed by atoms with van der Waals surface area (Å²) in [6.07, 6.45) is -0.635. The van der Waals surface area contributed by atoms with E-state index >= 15 is 0 Å². The van der Waals surface area contributed by atoms with Gasteiger partial charge in [0.25, 0.3) is 11.6 Å². The molecule has 2 heterocycles. The summed E-state index contributed by atoms with van der Waals surface area (Å²) in [5.41, 5.74) is 0.102. The second kappa shape index (κ2) is 13.6. The first-order valence-electron chi connectivity index (χ1n) is 10.5. The maximum absolute atomic E-state index is 11.3. The largest absolute Gasteiger partial charge is 0.481 e. The Kier molecular flexibility index (Phi) is 13.1. The van der Waals surface area contributed by atoms with Gasteiger partial charge in [-0.25, -0.2) is 9.59 Å². The number of carboxylic acids is 1. The van der Waals surface area contributed by atoms with Crippen LogP contribution in [0.3, 0.4) is 0 Å². The van der Waals surface area contributed by atoms with E-state index in [1.54, 1.807) is 34.6 Å². The quantitative estimate of drug-likeness (QED) is 0.242. The fraction of sp³-hybridized carbons (Fsp3) is 0.652. The van der Waals surface area contributed by atoms with Crippen LogP contribution in [0, 0.1) is 0 Å². The molecule has 0 aromatic rings. The third kappa shape index (κ3) is 18.8. The highest BCUT2D eigenvalue weighted by atomic mass is 16.7. The topological polar surface area (TPSA) is 180 Å². The van der Waals surface area contributed by atoms with Crippen LogP contribution in [0.5, 0.6) is 0 Å². The van der Waals surface area contributed by atoms with E-state index in [2.05, 4.69) is 9.47 Å². The average molecular weight is 505 g/mol. The predicted molar refractivity (Wildman–Crippen MR) is 120 cm³/mol. The smallest absolute Gasteiger partial charge is 0.348 e. The molecule has 2 aliphatic heterocycles. The lowest BCUT2D eigenvalue weighted by atomic mass is 10.1. The van der Waals surface area contributed by atoms with Crippen molar-refractivity contribution in [2.24, 2.45) is 0 Å². The van der Waals surface area contributed by atoms with Crippen LogP contribution in [-0.2, 0) is 47.7 Å². The van der Waals surface area contributed by atoms with Gasteiger partial charge in [-0.2, -0.15) is 0 Å². The lowest BCUT2D eigenvalue weighted by Crippen LogP contribution is -2.42. The number of aliphatic hydroxyl groups is 1. The fourth-order valence-electron chi connectivity index (χ4n) is 2.03. The molecule has 200 valence electrons. The lowest BCUT2D eigenvalue weighted by molar-refractivity contribution is -0.231. The molecule has 2 saturated heterocycles. The Balaban J connectivity index is 0. The highest BCUT2D eigenvalue weighted by Crippen LogP contribution is 2.24. The van der Waals surface area contributed by atoms with Crippen LogP contribution in [0.2, 0.25) is 0 Å². The molecule has 0 aliphatic carbocycles. The number of cyclic esters (lactones) is 4. The minimum absolute atomic E-state index is 0.000625. The van der Waals surface area contributed by atoms with Crippen molar-refractivity contribution < 1.29 is 57.9 Å². The molecule has 0 amide bonds. The van der Waals surface area contributed by atoms with Crippen LogP contribution in [0.1, 0.15) is 82.1 Å². The first kappa shape index (κ1) is 33.9. The van der Waals surface area contributed by atoms with E-state index in [4.69, 9.17) is 19.7 Å². The summed E-state index contributed by atoms with van der Waals surface area (Å²) in [6.45, 7) is 15.9. The van der Waals surface area contributed by atoms with Gasteiger partial charge in [0.15, 0.2) is 0 Å². The molecule has 12 nitrogen and oxygen atoms in total. The Bertz CT molecular complexity index is 794. The van der Waals surface area contributed by atoms with Crippen molar-refractivity contribution in [3.63, 3.8) is 0 Å². The zero-order valence-electron chi connectivity index (χ0n) is 21.9. The highest BCUT2D eigenvalue weighted by molar-refractivity contribution is 6.15. The van der Waals surface area contributed by atoms with Gasteiger partial charge >= 0.3 is 29.8 Å². The summed E-state index contributed by atoms with van der Waals surface area (Å²) in [6, 6.07) is 0. The molecule has 0 saturated carbocycles. The Morgan fingerprint density at radius 2 is 1.11 bits per heavy atom. The van der Waals surface area contributed by atoms with Crippen molar-refractivity contribution >= 4 is 35.6 Å². The number of allylic oxidation sites excluding steroid dienone is 1. The van der Waals surface area contributed by atoms with Crippen molar-refractivity contribution in [1.29, 1.82) is 0 Å². The number of aliphatic carboxylic acids is 1. The van der Waals surface area contributed by atoms with Gasteiger partial charge in [-0.3, -0.25) is 19.2 Å². The fourth-order valence-corrected chi connectivity index (χ4v) is 2.03. The summed E-state index contributed by atoms with van der Waals surface area (Å²) in [4.78, 5) is 63.2. The zero-order chi connectivity index (χ0) is 28.4. The zero-order valence-corrected chi connectivity index (χ0v) is 21.9. The third-order valence-electron chi connectivity index (χ3n) is 2.99. The molecule has 0 atom stereocenters. The normalized spacial score (nSPS) is 17.7. The predicted octanol–water partition coefficient (Wildman–Crippen LogP) is 2.20. The number of Topliss-reactive ketones (excluding diaryl/α,β-unsaturated/α-hetero) is 1. The van der Waals surface area contributed by atoms with Crippen LogP contribution in [0.25, 0.3) is 0 Å². The summed E-state index contributed by atoms with van der Waals surface area (Å²) >= 11 is 0. The highest BCUT2D eigenvalue weighted by Gasteiger charge is 2.39. The van der Waals surface area contributed by atoms with Gasteiger partial charge in [0.2, 0.25) is 0 Å². The third-order valence-corrected chi connectivity index (χ3v) is 2.99. The van der Waals surface area contributed by atoms with Crippen LogP contribution in [0.15, 0.2) is 11.1 Å².